The first-order valence-electron chi connectivity index (χ1n) is 21.5. The van der Waals surface area contributed by atoms with Gasteiger partial charge in [0.05, 0.1) is 34.5 Å². The Morgan fingerprint density at radius 3 is 2.06 bits per heavy atom. The summed E-state index contributed by atoms with van der Waals surface area (Å²) in [5.41, 5.74) is 15.5. The average Bonchev–Trinajstić information content (AvgIpc) is 4.08. The molecular formula is C45H48N14O8. The second-order valence-electron chi connectivity index (χ2n) is 16.2. The van der Waals surface area contributed by atoms with E-state index in [-0.39, 0.29) is 79.0 Å². The van der Waals surface area contributed by atoms with Crippen molar-refractivity contribution in [3.8, 4) is 5.75 Å². The normalized spacial score (nSPS) is 13.9. The molecule has 8 rings (SSSR count). The molecule has 22 heteroatoms. The van der Waals surface area contributed by atoms with Gasteiger partial charge < -0.3 is 30.2 Å². The average molecular weight is 913 g/mol. The number of aryl methyl sites for hydroxylation is 4. The molecule has 0 saturated carbocycles. The Hall–Kier alpha value is -8.43. The minimum atomic E-state index is -0.717. The smallest absolute Gasteiger partial charge is 0.276 e. The number of nitrogens with one attached hydrogen (secondary N) is 2. The van der Waals surface area contributed by atoms with Crippen LogP contribution < -0.4 is 26.8 Å². The predicted molar refractivity (Wildman–Crippen MR) is 243 cm³/mol. The number of hydrogen-bond donors (Lipinski definition) is 4. The zero-order chi connectivity index (χ0) is 47.7. The molecule has 346 valence electrons. The summed E-state index contributed by atoms with van der Waals surface area (Å²) in [6, 6.07) is 11.2. The number of primary amides is 2. The molecule has 2 aliphatic rings. The third-order valence-electron chi connectivity index (χ3n) is 11.5. The molecule has 6 heterocycles. The molecule has 2 aromatic carbocycles. The maximum Gasteiger partial charge on any atom is 0.276 e. The molecule has 22 nitrogen and oxygen atoms in total. The first kappa shape index (κ1) is 45.1. The molecule has 0 radical (unpaired) electrons. The summed E-state index contributed by atoms with van der Waals surface area (Å²) in [6.45, 7) is 7.38. The standard InChI is InChI=1S/C45H48N14O8/c1-5-59-34(19-26(3)53-59)43(66)51-44-48-30-20-28(40(46)63)8-9-32(30)56(44)14-6-7-15-58-39-31(49-45(58)50-42(65)33-18-25(2)52-54(33)4)21-29(41(47)64)22-35(39)67-17-13-27-23-55(24-27)36(60)12-16-57-37(61)10-11-38(57)62/h6-11,18-22,27H,5,12-17,23-24H2,1-4H3,(H2,46,63)(H2,47,64)(H,48,51,66)(H,49,50,65)/b7-6+. The minimum absolute atomic E-state index is 0.0124. The number of likely N-dealkylation sites (tertiary alicyclic amines) is 1. The number of nitrogens with zero attached hydrogens (tertiary/aromatic N) is 10. The van der Waals surface area contributed by atoms with Gasteiger partial charge in [0.1, 0.15) is 22.7 Å². The third-order valence-corrected chi connectivity index (χ3v) is 11.5. The van der Waals surface area contributed by atoms with Gasteiger partial charge in [-0.05, 0) is 75.6 Å². The molecule has 1 fully saturated rings. The number of fused-ring (bicyclic) bond motifs is 2. The lowest BCUT2D eigenvalue weighted by Crippen LogP contribution is -2.51. The van der Waals surface area contributed by atoms with Crippen LogP contribution in [0.15, 0.2) is 66.8 Å². The highest BCUT2D eigenvalue weighted by molar-refractivity contribution is 6.13. The van der Waals surface area contributed by atoms with Crippen LogP contribution in [0, 0.1) is 19.8 Å². The van der Waals surface area contributed by atoms with Crippen LogP contribution in [0.25, 0.3) is 22.1 Å². The molecule has 1 saturated heterocycles. The van der Waals surface area contributed by atoms with Crippen LogP contribution in [0.5, 0.6) is 5.75 Å². The van der Waals surface area contributed by atoms with Gasteiger partial charge >= 0.3 is 0 Å². The first-order valence-corrected chi connectivity index (χ1v) is 21.5. The minimum Gasteiger partial charge on any atom is -0.491 e. The number of imide groups is 1. The summed E-state index contributed by atoms with van der Waals surface area (Å²) < 4.78 is 12.9. The molecule has 4 aromatic heterocycles. The molecule has 0 unspecified atom stereocenters. The maximum atomic E-state index is 13.7. The summed E-state index contributed by atoms with van der Waals surface area (Å²) in [6.07, 6.45) is 6.61. The number of benzene rings is 2. The van der Waals surface area contributed by atoms with Gasteiger partial charge in [-0.15, -0.1) is 0 Å². The molecule has 0 spiro atoms. The fourth-order valence-electron chi connectivity index (χ4n) is 8.11. The van der Waals surface area contributed by atoms with E-state index in [9.17, 15) is 33.6 Å². The van der Waals surface area contributed by atoms with Crippen molar-refractivity contribution >= 4 is 75.3 Å². The fourth-order valence-corrected chi connectivity index (χ4v) is 8.11. The number of nitrogens with two attached hydrogens (primary N) is 2. The van der Waals surface area contributed by atoms with Crippen molar-refractivity contribution in [2.45, 2.75) is 53.2 Å². The van der Waals surface area contributed by atoms with Gasteiger partial charge in [-0.2, -0.15) is 10.2 Å². The van der Waals surface area contributed by atoms with Crippen LogP contribution in [0.4, 0.5) is 11.9 Å². The lowest BCUT2D eigenvalue weighted by Gasteiger charge is -2.39. The summed E-state index contributed by atoms with van der Waals surface area (Å²) in [4.78, 5) is 101. The van der Waals surface area contributed by atoms with E-state index >= 15 is 0 Å². The summed E-state index contributed by atoms with van der Waals surface area (Å²) in [7, 11) is 1.65. The Labute approximate surface area is 382 Å². The van der Waals surface area contributed by atoms with Gasteiger partial charge in [-0.1, -0.05) is 12.2 Å². The fraction of sp³-hybridized carbons (Fsp3) is 0.311. The topological polar surface area (TPSA) is 283 Å². The molecule has 2 aliphatic heterocycles. The van der Waals surface area contributed by atoms with Crippen LogP contribution in [0.3, 0.4) is 0 Å². The molecule has 0 bridgehead atoms. The van der Waals surface area contributed by atoms with Crippen LogP contribution in [-0.4, -0.2) is 116 Å². The molecule has 6 N–H and O–H groups in total. The summed E-state index contributed by atoms with van der Waals surface area (Å²) >= 11 is 0. The number of carbonyl (C=O) groups is 7. The van der Waals surface area contributed by atoms with Gasteiger partial charge in [0.2, 0.25) is 29.6 Å². The van der Waals surface area contributed by atoms with E-state index in [1.165, 1.54) is 29.0 Å². The number of rotatable bonds is 18. The van der Waals surface area contributed by atoms with E-state index in [0.717, 1.165) is 4.90 Å². The summed E-state index contributed by atoms with van der Waals surface area (Å²) in [5.74, 6) is -2.56. The van der Waals surface area contributed by atoms with Crippen molar-refractivity contribution in [2.24, 2.45) is 24.4 Å². The van der Waals surface area contributed by atoms with Crippen molar-refractivity contribution in [1.29, 1.82) is 0 Å². The number of anilines is 2. The van der Waals surface area contributed by atoms with Gasteiger partial charge in [0.15, 0.2) is 0 Å². The molecule has 0 atom stereocenters. The van der Waals surface area contributed by atoms with E-state index < -0.39 is 35.4 Å². The van der Waals surface area contributed by atoms with Crippen molar-refractivity contribution in [3.63, 3.8) is 0 Å². The Morgan fingerprint density at radius 1 is 0.791 bits per heavy atom. The highest BCUT2D eigenvalue weighted by Gasteiger charge is 2.32. The van der Waals surface area contributed by atoms with Gasteiger partial charge in [-0.25, -0.2) is 9.97 Å². The van der Waals surface area contributed by atoms with E-state index in [1.54, 1.807) is 69.9 Å². The number of carbonyl (C=O) groups excluding carboxylic acids is 7. The van der Waals surface area contributed by atoms with Gasteiger partial charge in [0.25, 0.3) is 23.6 Å². The second kappa shape index (κ2) is 18.6. The number of hydrogen-bond acceptors (Lipinski definition) is 12. The quantitative estimate of drug-likeness (QED) is 0.0715. The number of amides is 7. The highest BCUT2D eigenvalue weighted by Crippen LogP contribution is 2.32. The Morgan fingerprint density at radius 2 is 1.40 bits per heavy atom. The van der Waals surface area contributed by atoms with E-state index in [4.69, 9.17) is 21.2 Å². The number of imidazole rings is 2. The molecule has 7 amide bonds. The van der Waals surface area contributed by atoms with Crippen molar-refractivity contribution in [3.05, 3.63) is 101 Å². The molecule has 6 aromatic rings. The second-order valence-corrected chi connectivity index (χ2v) is 16.2. The lowest BCUT2D eigenvalue weighted by atomic mass is 9.96. The van der Waals surface area contributed by atoms with Crippen molar-refractivity contribution < 1.29 is 38.3 Å². The summed E-state index contributed by atoms with van der Waals surface area (Å²) in [5, 5.41) is 14.5. The van der Waals surface area contributed by atoms with Gasteiger partial charge in [-0.3, -0.25) is 58.5 Å². The zero-order valence-corrected chi connectivity index (χ0v) is 37.2. The number of ether oxygens (including phenoxy) is 1. The van der Waals surface area contributed by atoms with Gasteiger partial charge in [0, 0.05) is 76.0 Å². The number of allylic oxidation sites excluding steroid dienone is 2. The zero-order valence-electron chi connectivity index (χ0n) is 37.2. The SMILES string of the molecule is CCn1nc(C)cc1C(=O)Nc1nc2cc(C(N)=O)ccc2n1C/C=C/Cn1c(NC(=O)c2cc(C)nn2C)nc2cc(C(N)=O)cc(OCCC3CN(C(=O)CCN4C(=O)C=CC4=O)C3)c21. The van der Waals surface area contributed by atoms with Crippen molar-refractivity contribution in [1.82, 2.24) is 48.5 Å². The highest BCUT2D eigenvalue weighted by atomic mass is 16.5. The Balaban J connectivity index is 1.05. The lowest BCUT2D eigenvalue weighted by molar-refractivity contribution is -0.140. The first-order chi connectivity index (χ1) is 32.1. The van der Waals surface area contributed by atoms with E-state index in [1.807, 2.05) is 19.1 Å². The molecular weight excluding hydrogens is 865 g/mol. The third kappa shape index (κ3) is 9.39. The largest absolute Gasteiger partial charge is 0.491 e. The molecule has 0 aliphatic carbocycles. The Bertz CT molecular complexity index is 3060. The van der Waals surface area contributed by atoms with Crippen LogP contribution in [0.1, 0.15) is 72.8 Å². The van der Waals surface area contributed by atoms with Crippen molar-refractivity contribution in [2.75, 3.05) is 36.9 Å². The van der Waals surface area contributed by atoms with Crippen LogP contribution in [0.2, 0.25) is 0 Å². The van der Waals surface area contributed by atoms with Crippen LogP contribution >= 0.6 is 0 Å². The van der Waals surface area contributed by atoms with E-state index in [0.29, 0.717) is 65.2 Å². The van der Waals surface area contributed by atoms with Crippen LogP contribution in [-0.2, 0) is 41.1 Å². The number of aromatic nitrogens is 8. The maximum absolute atomic E-state index is 13.7. The predicted octanol–water partition coefficient (Wildman–Crippen LogP) is 2.45. The van der Waals surface area contributed by atoms with E-state index in [2.05, 4.69) is 25.8 Å². The molecule has 67 heavy (non-hydrogen) atoms. The Kier molecular flexibility index (Phi) is 12.5. The monoisotopic (exact) mass is 912 g/mol.